The molecule has 51 heavy (non-hydrogen) atoms. The average Bonchev–Trinajstić information content (AvgIpc) is 3.05. The monoisotopic (exact) mass is 733 g/mol. The summed E-state index contributed by atoms with van der Waals surface area (Å²) in [5.74, 6) is -10.7. The fraction of sp³-hybridized carbons (Fsp3) is 0.630. The van der Waals surface area contributed by atoms with Gasteiger partial charge in [0.15, 0.2) is 0 Å². The van der Waals surface area contributed by atoms with E-state index in [-0.39, 0.29) is 6.42 Å². The number of nitrogens with one attached hydrogen (secondary N) is 7. The first-order chi connectivity index (χ1) is 23.9. The third-order valence-electron chi connectivity index (χ3n) is 6.57. The summed E-state index contributed by atoms with van der Waals surface area (Å²) >= 11 is 0. The number of primary amides is 2. The van der Waals surface area contributed by atoms with Crippen LogP contribution in [0.2, 0.25) is 0 Å². The van der Waals surface area contributed by atoms with Gasteiger partial charge in [0, 0.05) is 0 Å². The number of carbonyl (C=O) groups excluding carboxylic acids is 9. The van der Waals surface area contributed by atoms with Crippen molar-refractivity contribution < 1.29 is 63.3 Å². The Morgan fingerprint density at radius 2 is 1.02 bits per heavy atom. The highest BCUT2D eigenvalue weighted by Gasteiger charge is 2.31. The summed E-state index contributed by atoms with van der Waals surface area (Å²) in [5.41, 5.74) is 21.1. The van der Waals surface area contributed by atoms with Crippen LogP contribution in [-0.4, -0.2) is 144 Å². The van der Waals surface area contributed by atoms with E-state index in [9.17, 15) is 58.2 Å². The largest absolute Gasteiger partial charge is 0.480 e. The van der Waals surface area contributed by atoms with Gasteiger partial charge in [0.2, 0.25) is 53.2 Å². The summed E-state index contributed by atoms with van der Waals surface area (Å²) in [6.45, 7) is -1.91. The Morgan fingerprint density at radius 1 is 0.569 bits per heavy atom. The molecule has 9 amide bonds. The molecule has 6 atom stereocenters. The van der Waals surface area contributed by atoms with Crippen molar-refractivity contribution in [2.75, 3.05) is 32.8 Å². The van der Waals surface area contributed by atoms with E-state index < -0.39 is 135 Å². The second kappa shape index (κ2) is 23.8. The number of carbonyl (C=O) groups is 10. The van der Waals surface area contributed by atoms with Gasteiger partial charge in [-0.15, -0.1) is 0 Å². The summed E-state index contributed by atoms with van der Waals surface area (Å²) in [5, 5.41) is 43.1. The van der Waals surface area contributed by atoms with E-state index in [1.54, 1.807) is 0 Å². The molecule has 0 spiro atoms. The molecule has 0 heterocycles. The maximum atomic E-state index is 12.9. The number of amides is 9. The van der Waals surface area contributed by atoms with Crippen LogP contribution in [0.4, 0.5) is 0 Å². The van der Waals surface area contributed by atoms with Crippen LogP contribution in [0.15, 0.2) is 0 Å². The lowest BCUT2D eigenvalue weighted by Gasteiger charge is -2.24. The highest BCUT2D eigenvalue weighted by Crippen LogP contribution is 2.03. The van der Waals surface area contributed by atoms with Crippen molar-refractivity contribution in [3.05, 3.63) is 0 Å². The number of rotatable bonds is 25. The average molecular weight is 734 g/mol. The molecule has 0 saturated carbocycles. The summed E-state index contributed by atoms with van der Waals surface area (Å²) in [6.07, 6.45) is -0.522. The predicted octanol–water partition coefficient (Wildman–Crippen LogP) is -9.06. The van der Waals surface area contributed by atoms with Crippen LogP contribution in [0, 0.1) is 0 Å². The highest BCUT2D eigenvalue weighted by atomic mass is 16.4. The Morgan fingerprint density at radius 3 is 1.51 bits per heavy atom. The molecule has 0 aliphatic rings. The minimum atomic E-state index is -1.75. The molecular formula is C27H47N11O13. The van der Waals surface area contributed by atoms with Gasteiger partial charge in [-0.1, -0.05) is 0 Å². The minimum Gasteiger partial charge on any atom is -0.480 e. The van der Waals surface area contributed by atoms with Crippen molar-refractivity contribution in [1.82, 2.24) is 37.2 Å². The highest BCUT2D eigenvalue weighted by molar-refractivity contribution is 5.97. The molecule has 24 nitrogen and oxygen atoms in total. The van der Waals surface area contributed by atoms with Gasteiger partial charge in [-0.2, -0.15) is 0 Å². The SMILES string of the molecule is CC(N)C(=O)NC(CCCCN)C(=O)NC(CO)C(=O)NC(CC(N)=O)C(=O)NCC(=O)NCC(=O)NC(CO)C(=O)NC(CC(N)=O)C(=O)O. The first-order valence-corrected chi connectivity index (χ1v) is 15.4. The van der Waals surface area contributed by atoms with Crippen LogP contribution in [0.5, 0.6) is 0 Å². The topological polar surface area (TPSA) is 420 Å². The summed E-state index contributed by atoms with van der Waals surface area (Å²) < 4.78 is 0. The van der Waals surface area contributed by atoms with Gasteiger partial charge in [-0.05, 0) is 32.7 Å². The molecule has 0 aliphatic carbocycles. The molecule has 0 rings (SSSR count). The number of carboxylic acids is 1. The standard InChI is InChI=1S/C27H47N11O13/c1-12(29)22(45)35-13(4-2-3-5-28)24(47)38-17(11-40)26(49)36-14(6-18(30)41)23(46)33-8-20(43)32-9-21(44)34-16(10-39)25(48)37-15(27(50)51)7-19(31)42/h12-17,39-40H,2-11,28-29H2,1H3,(H2,30,41)(H2,31,42)(H,32,43)(H,33,46)(H,34,44)(H,35,45)(H,36,49)(H,37,48)(H,38,47)(H,50,51). The molecule has 288 valence electrons. The number of aliphatic hydroxyl groups is 2. The van der Waals surface area contributed by atoms with Crippen LogP contribution >= 0.6 is 0 Å². The Bertz CT molecular complexity index is 1280. The van der Waals surface area contributed by atoms with Gasteiger partial charge in [0.25, 0.3) is 0 Å². The van der Waals surface area contributed by atoms with E-state index in [1.807, 2.05) is 10.6 Å². The smallest absolute Gasteiger partial charge is 0.326 e. The van der Waals surface area contributed by atoms with Gasteiger partial charge in [0.1, 0.15) is 30.2 Å². The van der Waals surface area contributed by atoms with E-state index in [0.717, 1.165) is 0 Å². The molecule has 0 fully saturated rings. The van der Waals surface area contributed by atoms with E-state index >= 15 is 0 Å². The van der Waals surface area contributed by atoms with Crippen LogP contribution in [0.3, 0.4) is 0 Å². The number of nitrogens with two attached hydrogens (primary N) is 4. The number of hydrogen-bond acceptors (Lipinski definition) is 14. The Labute approximate surface area is 290 Å². The Hall–Kier alpha value is -5.46. The van der Waals surface area contributed by atoms with Gasteiger partial charge >= 0.3 is 5.97 Å². The van der Waals surface area contributed by atoms with Crippen molar-refractivity contribution >= 4 is 59.1 Å². The summed E-state index contributed by atoms with van der Waals surface area (Å²) in [6, 6.07) is -8.94. The van der Waals surface area contributed by atoms with Gasteiger partial charge in [0.05, 0.1) is 45.2 Å². The lowest BCUT2D eigenvalue weighted by molar-refractivity contribution is -0.144. The number of aliphatic carboxylic acids is 1. The first-order valence-electron chi connectivity index (χ1n) is 15.4. The zero-order chi connectivity index (χ0) is 39.3. The lowest BCUT2D eigenvalue weighted by atomic mass is 10.1. The van der Waals surface area contributed by atoms with Gasteiger partial charge in [-0.3, -0.25) is 43.2 Å². The number of carboxylic acid groups (broad SMARTS) is 1. The first kappa shape index (κ1) is 45.5. The zero-order valence-electron chi connectivity index (χ0n) is 27.8. The van der Waals surface area contributed by atoms with Crippen LogP contribution in [0.1, 0.15) is 39.0 Å². The fourth-order valence-corrected chi connectivity index (χ4v) is 3.86. The zero-order valence-corrected chi connectivity index (χ0v) is 27.8. The number of hydrogen-bond donors (Lipinski definition) is 14. The predicted molar refractivity (Wildman–Crippen MR) is 172 cm³/mol. The van der Waals surface area contributed by atoms with Crippen molar-refractivity contribution in [3.8, 4) is 0 Å². The van der Waals surface area contributed by atoms with E-state index in [2.05, 4.69) is 26.6 Å². The lowest BCUT2D eigenvalue weighted by Crippen LogP contribution is -2.59. The van der Waals surface area contributed by atoms with Crippen molar-refractivity contribution in [2.24, 2.45) is 22.9 Å². The molecule has 0 radical (unpaired) electrons. The molecule has 0 saturated heterocycles. The van der Waals surface area contributed by atoms with E-state index in [1.165, 1.54) is 6.92 Å². The molecule has 0 aliphatic heterocycles. The van der Waals surface area contributed by atoms with Crippen LogP contribution < -0.4 is 60.2 Å². The van der Waals surface area contributed by atoms with Crippen molar-refractivity contribution in [1.29, 1.82) is 0 Å². The maximum absolute atomic E-state index is 12.9. The second-order valence-corrected chi connectivity index (χ2v) is 11.0. The molecule has 0 aromatic rings. The third-order valence-corrected chi connectivity index (χ3v) is 6.57. The molecule has 0 aromatic heterocycles. The quantitative estimate of drug-likeness (QED) is 0.0387. The van der Waals surface area contributed by atoms with Crippen molar-refractivity contribution in [3.63, 3.8) is 0 Å². The van der Waals surface area contributed by atoms with Crippen molar-refractivity contribution in [2.45, 2.75) is 75.3 Å². The van der Waals surface area contributed by atoms with E-state index in [0.29, 0.717) is 19.4 Å². The van der Waals surface area contributed by atoms with E-state index in [4.69, 9.17) is 28.0 Å². The molecule has 6 unspecified atom stereocenters. The second-order valence-electron chi connectivity index (χ2n) is 11.0. The Balaban J connectivity index is 5.26. The maximum Gasteiger partial charge on any atom is 0.326 e. The molecule has 24 heteroatoms. The summed E-state index contributed by atoms with van der Waals surface area (Å²) in [4.78, 5) is 121. The third kappa shape index (κ3) is 18.8. The van der Waals surface area contributed by atoms with Crippen LogP contribution in [0.25, 0.3) is 0 Å². The fourth-order valence-electron chi connectivity index (χ4n) is 3.86. The normalized spacial score (nSPS) is 14.1. The van der Waals surface area contributed by atoms with Crippen LogP contribution in [-0.2, 0) is 47.9 Å². The van der Waals surface area contributed by atoms with Gasteiger partial charge in [-0.25, -0.2) is 4.79 Å². The molecule has 0 aromatic carbocycles. The van der Waals surface area contributed by atoms with Gasteiger partial charge < -0.3 is 75.5 Å². The summed E-state index contributed by atoms with van der Waals surface area (Å²) in [7, 11) is 0. The minimum absolute atomic E-state index is 0.112. The Kier molecular flexibility index (Phi) is 21.3. The number of aliphatic hydroxyl groups excluding tert-OH is 2. The molecule has 18 N–H and O–H groups in total. The molecule has 0 bridgehead atoms. The number of unbranched alkanes of at least 4 members (excludes halogenated alkanes) is 1. The molecular weight excluding hydrogens is 686 g/mol.